The number of methoxy groups -OCH3 is 1. The van der Waals surface area contributed by atoms with Crippen molar-refractivity contribution in [2.24, 2.45) is 0 Å². The molecule has 0 bridgehead atoms. The predicted molar refractivity (Wildman–Crippen MR) is 136 cm³/mol. The van der Waals surface area contributed by atoms with E-state index in [0.29, 0.717) is 30.1 Å². The molecule has 188 valence electrons. The van der Waals surface area contributed by atoms with Gasteiger partial charge in [-0.25, -0.2) is 4.79 Å². The van der Waals surface area contributed by atoms with Crippen molar-refractivity contribution in [1.82, 2.24) is 5.32 Å². The summed E-state index contributed by atoms with van der Waals surface area (Å²) in [6, 6.07) is 17.1. The molecule has 3 aromatic carbocycles. The van der Waals surface area contributed by atoms with Crippen LogP contribution in [-0.4, -0.2) is 36.6 Å². The summed E-state index contributed by atoms with van der Waals surface area (Å²) in [6.45, 7) is 6.46. The summed E-state index contributed by atoms with van der Waals surface area (Å²) in [5, 5.41) is 12.3. The summed E-state index contributed by atoms with van der Waals surface area (Å²) in [5.74, 6) is 0.488. The molecule has 3 aromatic rings. The fourth-order valence-corrected chi connectivity index (χ4v) is 4.65. The van der Waals surface area contributed by atoms with Gasteiger partial charge in [-0.05, 0) is 66.8 Å². The molecule has 7 nitrogen and oxygen atoms in total. The summed E-state index contributed by atoms with van der Waals surface area (Å²) >= 11 is 0. The standard InChI is InChI=1S/C29H31NO6/c1-18-6-5-7-21(12-18)10-11-35-26-15-22(8-9-25(26)34-4)27(31)30-29(36-28(32)33)16-23-13-19(2)20(3)14-24(23)17-29/h5-9,12-15H,10-11,16-17H2,1-4H3,(H,30,31)(H,32,33). The van der Waals surface area contributed by atoms with E-state index in [1.165, 1.54) is 12.7 Å². The Morgan fingerprint density at radius 1 is 0.944 bits per heavy atom. The second-order valence-electron chi connectivity index (χ2n) is 9.33. The molecule has 7 heteroatoms. The minimum atomic E-state index is -1.44. The molecule has 1 aliphatic carbocycles. The maximum absolute atomic E-state index is 13.3. The van der Waals surface area contributed by atoms with Crippen LogP contribution in [-0.2, 0) is 24.0 Å². The Hall–Kier alpha value is -4.00. The molecule has 0 aromatic heterocycles. The zero-order valence-corrected chi connectivity index (χ0v) is 21.0. The first-order chi connectivity index (χ1) is 17.2. The van der Waals surface area contributed by atoms with Gasteiger partial charge in [0, 0.05) is 24.8 Å². The first-order valence-electron chi connectivity index (χ1n) is 11.9. The molecule has 1 aliphatic rings. The van der Waals surface area contributed by atoms with Crippen molar-refractivity contribution < 1.29 is 28.9 Å². The summed E-state index contributed by atoms with van der Waals surface area (Å²) in [7, 11) is 1.54. The number of carbonyl (C=O) groups excluding carboxylic acids is 1. The number of hydrogen-bond acceptors (Lipinski definition) is 5. The van der Waals surface area contributed by atoms with E-state index in [2.05, 4.69) is 11.4 Å². The average molecular weight is 490 g/mol. The van der Waals surface area contributed by atoms with E-state index in [9.17, 15) is 14.7 Å². The number of carboxylic acid groups (broad SMARTS) is 1. The van der Waals surface area contributed by atoms with E-state index < -0.39 is 17.8 Å². The fraction of sp³-hybridized carbons (Fsp3) is 0.310. The van der Waals surface area contributed by atoms with E-state index in [-0.39, 0.29) is 12.8 Å². The summed E-state index contributed by atoms with van der Waals surface area (Å²) in [4.78, 5) is 24.8. The zero-order chi connectivity index (χ0) is 25.9. The SMILES string of the molecule is COc1ccc(C(=O)NC2(OC(=O)O)Cc3cc(C)c(C)cc3C2)cc1OCCc1cccc(C)c1. The van der Waals surface area contributed by atoms with Gasteiger partial charge in [-0.3, -0.25) is 4.79 Å². The van der Waals surface area contributed by atoms with Crippen LogP contribution in [0.4, 0.5) is 4.79 Å². The minimum absolute atomic E-state index is 0.261. The van der Waals surface area contributed by atoms with Crippen LogP contribution in [0.2, 0.25) is 0 Å². The Balaban J connectivity index is 1.51. The molecule has 0 atom stereocenters. The Bertz CT molecular complexity index is 1270. The normalized spacial score (nSPS) is 13.6. The number of aryl methyl sites for hydroxylation is 3. The molecule has 0 aliphatic heterocycles. The lowest BCUT2D eigenvalue weighted by atomic mass is 10.0. The number of hydrogen-bond donors (Lipinski definition) is 2. The monoisotopic (exact) mass is 489 g/mol. The van der Waals surface area contributed by atoms with Crippen molar-refractivity contribution in [2.75, 3.05) is 13.7 Å². The van der Waals surface area contributed by atoms with Gasteiger partial charge in [-0.2, -0.15) is 0 Å². The van der Waals surface area contributed by atoms with Crippen molar-refractivity contribution in [3.63, 3.8) is 0 Å². The second kappa shape index (κ2) is 10.3. The highest BCUT2D eigenvalue weighted by Crippen LogP contribution is 2.34. The smallest absolute Gasteiger partial charge is 0.493 e. The molecular formula is C29H31NO6. The van der Waals surface area contributed by atoms with Crippen molar-refractivity contribution in [1.29, 1.82) is 0 Å². The van der Waals surface area contributed by atoms with Crippen molar-refractivity contribution in [2.45, 2.75) is 45.8 Å². The molecule has 1 amide bonds. The van der Waals surface area contributed by atoms with Crippen LogP contribution in [0.5, 0.6) is 11.5 Å². The van der Waals surface area contributed by atoms with Gasteiger partial charge in [0.05, 0.1) is 13.7 Å². The molecule has 4 rings (SSSR count). The van der Waals surface area contributed by atoms with Crippen LogP contribution < -0.4 is 14.8 Å². The van der Waals surface area contributed by atoms with E-state index >= 15 is 0 Å². The summed E-state index contributed by atoms with van der Waals surface area (Å²) in [5.41, 5.74) is 5.42. The van der Waals surface area contributed by atoms with Gasteiger partial charge in [0.15, 0.2) is 17.2 Å². The lowest BCUT2D eigenvalue weighted by molar-refractivity contribution is -0.0299. The highest BCUT2D eigenvalue weighted by atomic mass is 16.7. The van der Waals surface area contributed by atoms with E-state index in [1.54, 1.807) is 18.2 Å². The van der Waals surface area contributed by atoms with Gasteiger partial charge in [-0.1, -0.05) is 42.0 Å². The predicted octanol–water partition coefficient (Wildman–Crippen LogP) is 5.16. The molecule has 36 heavy (non-hydrogen) atoms. The minimum Gasteiger partial charge on any atom is -0.493 e. The van der Waals surface area contributed by atoms with E-state index in [1.807, 2.05) is 51.1 Å². The van der Waals surface area contributed by atoms with Gasteiger partial charge in [0.25, 0.3) is 5.91 Å². The number of carbonyl (C=O) groups is 2. The van der Waals surface area contributed by atoms with Gasteiger partial charge >= 0.3 is 6.16 Å². The van der Waals surface area contributed by atoms with Crippen LogP contribution in [0.3, 0.4) is 0 Å². The Kier molecular flexibility index (Phi) is 7.20. The quantitative estimate of drug-likeness (QED) is 0.335. The van der Waals surface area contributed by atoms with Gasteiger partial charge < -0.3 is 24.6 Å². The molecule has 0 saturated heterocycles. The molecule has 0 spiro atoms. The number of benzene rings is 3. The first-order valence-corrected chi connectivity index (χ1v) is 11.9. The molecule has 2 N–H and O–H groups in total. The largest absolute Gasteiger partial charge is 0.507 e. The maximum atomic E-state index is 13.3. The Morgan fingerprint density at radius 3 is 2.25 bits per heavy atom. The van der Waals surface area contributed by atoms with Gasteiger partial charge in [0.1, 0.15) is 0 Å². The van der Waals surface area contributed by atoms with Crippen LogP contribution in [0, 0.1) is 20.8 Å². The lowest BCUT2D eigenvalue weighted by Crippen LogP contribution is -2.52. The Morgan fingerprint density at radius 2 is 1.64 bits per heavy atom. The zero-order valence-electron chi connectivity index (χ0n) is 21.0. The third-order valence-electron chi connectivity index (χ3n) is 6.55. The van der Waals surface area contributed by atoms with Crippen LogP contribution >= 0.6 is 0 Å². The number of ether oxygens (including phenoxy) is 3. The third-order valence-corrected chi connectivity index (χ3v) is 6.55. The number of nitrogens with one attached hydrogen (secondary N) is 1. The molecule has 0 heterocycles. The lowest BCUT2D eigenvalue weighted by Gasteiger charge is -2.28. The summed E-state index contributed by atoms with van der Waals surface area (Å²) < 4.78 is 16.7. The fourth-order valence-electron chi connectivity index (χ4n) is 4.65. The first kappa shape index (κ1) is 25.1. The van der Waals surface area contributed by atoms with Crippen molar-refractivity contribution in [3.05, 3.63) is 93.5 Å². The second-order valence-corrected chi connectivity index (χ2v) is 9.33. The van der Waals surface area contributed by atoms with Gasteiger partial charge in [0.2, 0.25) is 0 Å². The van der Waals surface area contributed by atoms with Crippen LogP contribution in [0.15, 0.2) is 54.6 Å². The highest BCUT2D eigenvalue weighted by molar-refractivity contribution is 5.95. The summed E-state index contributed by atoms with van der Waals surface area (Å²) in [6.07, 6.45) is -0.213. The van der Waals surface area contributed by atoms with E-state index in [4.69, 9.17) is 14.2 Å². The van der Waals surface area contributed by atoms with E-state index in [0.717, 1.165) is 27.8 Å². The molecule has 0 unspecified atom stereocenters. The van der Waals surface area contributed by atoms with Crippen molar-refractivity contribution >= 4 is 12.1 Å². The molecule has 0 radical (unpaired) electrons. The van der Waals surface area contributed by atoms with Gasteiger partial charge in [-0.15, -0.1) is 0 Å². The molecule has 0 saturated carbocycles. The Labute approximate surface area is 211 Å². The van der Waals surface area contributed by atoms with Crippen molar-refractivity contribution in [3.8, 4) is 11.5 Å². The maximum Gasteiger partial charge on any atom is 0.507 e. The molecular weight excluding hydrogens is 458 g/mol. The average Bonchev–Trinajstić information content (AvgIpc) is 3.14. The third kappa shape index (κ3) is 5.62. The number of rotatable bonds is 8. The highest BCUT2D eigenvalue weighted by Gasteiger charge is 2.43. The van der Waals surface area contributed by atoms with Crippen LogP contribution in [0.25, 0.3) is 0 Å². The molecule has 0 fully saturated rings. The topological polar surface area (TPSA) is 94.1 Å². The number of fused-ring (bicyclic) bond motifs is 1. The number of amides is 1. The van der Waals surface area contributed by atoms with Crippen LogP contribution in [0.1, 0.15) is 43.7 Å².